The fraction of sp³-hybridized carbons (Fsp3) is 0.0909. The van der Waals surface area contributed by atoms with Crippen molar-refractivity contribution in [3.63, 3.8) is 0 Å². The van der Waals surface area contributed by atoms with Gasteiger partial charge in [0, 0.05) is 17.1 Å². The first-order valence-electron chi connectivity index (χ1n) is 4.78. The average Bonchev–Trinajstić information content (AvgIpc) is 2.52. The number of hydrogen-bond acceptors (Lipinski definition) is 3. The van der Waals surface area contributed by atoms with Gasteiger partial charge in [-0.25, -0.2) is 0 Å². The summed E-state index contributed by atoms with van der Waals surface area (Å²) in [7, 11) is 1.60. The van der Waals surface area contributed by atoms with Crippen LogP contribution in [-0.4, -0.2) is 28.1 Å². The highest BCUT2D eigenvalue weighted by atomic mass is 79.9. The van der Waals surface area contributed by atoms with Gasteiger partial charge in [-0.05, 0) is 36.5 Å². The summed E-state index contributed by atoms with van der Waals surface area (Å²) in [6.45, 7) is 0. The molecule has 2 rings (SSSR count). The second kappa shape index (κ2) is 4.46. The number of amides is 1. The van der Waals surface area contributed by atoms with E-state index in [0.717, 1.165) is 4.47 Å². The Hall–Kier alpha value is -1.40. The van der Waals surface area contributed by atoms with Gasteiger partial charge >= 0.3 is 0 Å². The summed E-state index contributed by atoms with van der Waals surface area (Å²) in [6.07, 6.45) is 1.57. The van der Waals surface area contributed by atoms with Crippen LogP contribution in [0.5, 0.6) is 5.75 Å². The van der Waals surface area contributed by atoms with Gasteiger partial charge < -0.3 is 10.4 Å². The molecule has 1 fully saturated rings. The highest BCUT2D eigenvalue weighted by molar-refractivity contribution is 9.10. The van der Waals surface area contributed by atoms with Crippen molar-refractivity contribution in [1.29, 1.82) is 0 Å². The molecule has 0 bridgehead atoms. The van der Waals surface area contributed by atoms with Gasteiger partial charge in [0.05, 0.1) is 0 Å². The Balaban J connectivity index is 2.40. The predicted molar refractivity (Wildman–Crippen MR) is 72.3 cm³/mol. The number of halogens is 1. The average molecular weight is 313 g/mol. The molecular weight excluding hydrogens is 304 g/mol. The van der Waals surface area contributed by atoms with Crippen molar-refractivity contribution >= 4 is 45.2 Å². The Morgan fingerprint density at radius 1 is 1.53 bits per heavy atom. The summed E-state index contributed by atoms with van der Waals surface area (Å²) < 4.78 is 0.823. The molecular formula is C11H9BrN2O2S. The third-order valence-electron chi connectivity index (χ3n) is 2.37. The summed E-state index contributed by atoms with van der Waals surface area (Å²) >= 11 is 8.25. The molecule has 1 amide bonds. The van der Waals surface area contributed by atoms with Crippen molar-refractivity contribution in [3.05, 3.63) is 33.9 Å². The van der Waals surface area contributed by atoms with Crippen LogP contribution >= 0.6 is 28.1 Å². The van der Waals surface area contributed by atoms with Crippen molar-refractivity contribution < 1.29 is 9.90 Å². The number of phenolic OH excluding ortho intramolecular Hbond substituents is 1. The van der Waals surface area contributed by atoms with Crippen LogP contribution in [0.25, 0.3) is 6.08 Å². The number of aromatic hydroxyl groups is 1. The summed E-state index contributed by atoms with van der Waals surface area (Å²) in [5.41, 5.74) is 0.902. The lowest BCUT2D eigenvalue weighted by Gasteiger charge is -2.03. The van der Waals surface area contributed by atoms with Crippen LogP contribution in [-0.2, 0) is 4.79 Å². The van der Waals surface area contributed by atoms with Crippen LogP contribution in [0, 0.1) is 0 Å². The lowest BCUT2D eigenvalue weighted by Crippen LogP contribution is -2.25. The van der Waals surface area contributed by atoms with Gasteiger partial charge in [-0.3, -0.25) is 9.69 Å². The van der Waals surface area contributed by atoms with Crippen LogP contribution in [0.15, 0.2) is 28.4 Å². The minimum atomic E-state index is -0.214. The van der Waals surface area contributed by atoms with Crippen LogP contribution < -0.4 is 5.32 Å². The molecule has 4 nitrogen and oxygen atoms in total. The van der Waals surface area contributed by atoms with Crippen molar-refractivity contribution in [2.75, 3.05) is 7.05 Å². The molecule has 0 atom stereocenters. The highest BCUT2D eigenvalue weighted by Crippen LogP contribution is 2.24. The quantitative estimate of drug-likeness (QED) is 0.614. The summed E-state index contributed by atoms with van der Waals surface area (Å²) in [5, 5.41) is 12.8. The van der Waals surface area contributed by atoms with E-state index in [4.69, 9.17) is 12.2 Å². The molecule has 0 aromatic heterocycles. The standard InChI is InChI=1S/C11H9BrN2O2S/c1-14-10(16)8(13-11(14)17)5-6-4-7(12)2-3-9(6)15/h2-5,15H,1H3,(H,13,17)/b8-5-. The number of phenols is 1. The molecule has 0 unspecified atom stereocenters. The lowest BCUT2D eigenvalue weighted by molar-refractivity contribution is -0.121. The number of likely N-dealkylation sites (N-methyl/N-ethyl adjacent to an activating group) is 1. The lowest BCUT2D eigenvalue weighted by atomic mass is 10.1. The van der Waals surface area contributed by atoms with Gasteiger partial charge in [-0.2, -0.15) is 0 Å². The molecule has 2 N–H and O–H groups in total. The summed E-state index contributed by atoms with van der Waals surface area (Å²) in [6, 6.07) is 4.99. The number of nitrogens with zero attached hydrogens (tertiary/aromatic N) is 1. The normalized spacial score (nSPS) is 17.8. The zero-order chi connectivity index (χ0) is 12.6. The minimum absolute atomic E-state index is 0.107. The molecule has 1 aliphatic heterocycles. The van der Waals surface area contributed by atoms with Crippen molar-refractivity contribution in [1.82, 2.24) is 10.2 Å². The van der Waals surface area contributed by atoms with Crippen LogP contribution in [0.4, 0.5) is 0 Å². The summed E-state index contributed by atoms with van der Waals surface area (Å²) in [5.74, 6) is -0.106. The smallest absolute Gasteiger partial charge is 0.276 e. The number of nitrogens with one attached hydrogen (secondary N) is 1. The molecule has 0 radical (unpaired) electrons. The maximum absolute atomic E-state index is 11.7. The monoisotopic (exact) mass is 312 g/mol. The van der Waals surface area contributed by atoms with E-state index in [-0.39, 0.29) is 11.7 Å². The van der Waals surface area contributed by atoms with Gasteiger partial charge in [0.2, 0.25) is 0 Å². The van der Waals surface area contributed by atoms with Crippen molar-refractivity contribution in [2.24, 2.45) is 0 Å². The Labute approximate surface area is 112 Å². The van der Waals surface area contributed by atoms with Gasteiger partial charge in [0.15, 0.2) is 5.11 Å². The van der Waals surface area contributed by atoms with Crippen LogP contribution in [0.3, 0.4) is 0 Å². The fourth-order valence-electron chi connectivity index (χ4n) is 1.42. The molecule has 1 heterocycles. The van der Waals surface area contributed by atoms with Crippen molar-refractivity contribution in [3.8, 4) is 5.75 Å². The largest absolute Gasteiger partial charge is 0.507 e. The van der Waals surface area contributed by atoms with E-state index >= 15 is 0 Å². The zero-order valence-electron chi connectivity index (χ0n) is 8.90. The maximum Gasteiger partial charge on any atom is 0.276 e. The van der Waals surface area contributed by atoms with E-state index in [1.54, 1.807) is 31.3 Å². The van der Waals surface area contributed by atoms with Crippen LogP contribution in [0.1, 0.15) is 5.56 Å². The highest BCUT2D eigenvalue weighted by Gasteiger charge is 2.27. The Kier molecular flexibility index (Phi) is 3.17. The van der Waals surface area contributed by atoms with E-state index in [1.807, 2.05) is 0 Å². The second-order valence-electron chi connectivity index (χ2n) is 3.56. The molecule has 1 aliphatic rings. The molecule has 1 saturated heterocycles. The third-order valence-corrected chi connectivity index (χ3v) is 3.24. The first-order valence-corrected chi connectivity index (χ1v) is 5.98. The van der Waals surface area contributed by atoms with E-state index in [2.05, 4.69) is 21.2 Å². The first kappa shape index (κ1) is 12.1. The predicted octanol–water partition coefficient (Wildman–Crippen LogP) is 1.84. The Morgan fingerprint density at radius 3 is 2.82 bits per heavy atom. The molecule has 0 aliphatic carbocycles. The van der Waals surface area contributed by atoms with Crippen molar-refractivity contribution in [2.45, 2.75) is 0 Å². The van der Waals surface area contributed by atoms with Gasteiger partial charge in [-0.15, -0.1) is 0 Å². The topological polar surface area (TPSA) is 52.6 Å². The maximum atomic E-state index is 11.7. The van der Waals surface area contributed by atoms with Gasteiger partial charge in [0.1, 0.15) is 11.4 Å². The number of benzene rings is 1. The van der Waals surface area contributed by atoms with E-state index in [1.165, 1.54) is 4.90 Å². The minimum Gasteiger partial charge on any atom is -0.507 e. The molecule has 1 aromatic rings. The first-order chi connectivity index (χ1) is 7.99. The Morgan fingerprint density at radius 2 is 2.24 bits per heavy atom. The van der Waals surface area contributed by atoms with E-state index in [0.29, 0.717) is 16.4 Å². The van der Waals surface area contributed by atoms with Gasteiger partial charge in [0.25, 0.3) is 5.91 Å². The fourth-order valence-corrected chi connectivity index (χ4v) is 1.99. The molecule has 17 heavy (non-hydrogen) atoms. The number of rotatable bonds is 1. The third kappa shape index (κ3) is 2.32. The number of thiocarbonyl (C=S) groups is 1. The number of carbonyl (C=O) groups is 1. The van der Waals surface area contributed by atoms with Crippen LogP contribution in [0.2, 0.25) is 0 Å². The molecule has 6 heteroatoms. The number of hydrogen-bond donors (Lipinski definition) is 2. The molecule has 0 saturated carbocycles. The molecule has 0 spiro atoms. The second-order valence-corrected chi connectivity index (χ2v) is 4.86. The zero-order valence-corrected chi connectivity index (χ0v) is 11.3. The summed E-state index contributed by atoms with van der Waals surface area (Å²) in [4.78, 5) is 13.1. The number of carbonyl (C=O) groups excluding carboxylic acids is 1. The van der Waals surface area contributed by atoms with E-state index < -0.39 is 0 Å². The van der Waals surface area contributed by atoms with E-state index in [9.17, 15) is 9.90 Å². The molecule has 88 valence electrons. The van der Waals surface area contributed by atoms with Gasteiger partial charge in [-0.1, -0.05) is 15.9 Å². The molecule has 1 aromatic carbocycles. The Bertz CT molecular complexity index is 542. The SMILES string of the molecule is CN1C(=O)/C(=C/c2cc(Br)ccc2O)NC1=S.